The first-order valence-electron chi connectivity index (χ1n) is 15.9. The topological polar surface area (TPSA) is 68.7 Å². The van der Waals surface area contributed by atoms with Crippen molar-refractivity contribution in [2.75, 3.05) is 0 Å². The molecule has 11 rings (SSSR count). The van der Waals surface area contributed by atoms with Crippen molar-refractivity contribution in [3.63, 3.8) is 0 Å². The van der Waals surface area contributed by atoms with Gasteiger partial charge >= 0.3 is 0 Å². The highest BCUT2D eigenvalue weighted by molar-refractivity contribution is 6.40. The number of rotatable bonds is 0. The minimum Gasteiger partial charge on any atom is -0.268 e. The Morgan fingerprint density at radius 3 is 1.09 bits per heavy atom. The molecule has 0 unspecified atom stereocenters. The third kappa shape index (κ3) is 3.01. The van der Waals surface area contributed by atoms with Crippen LogP contribution in [0.1, 0.15) is 27.7 Å². The zero-order chi connectivity index (χ0) is 31.4. The summed E-state index contributed by atoms with van der Waals surface area (Å²) in [6.45, 7) is 8.00. The Morgan fingerprint density at radius 1 is 0.391 bits per heavy atom. The summed E-state index contributed by atoms with van der Waals surface area (Å²) in [5, 5.41) is 11.5. The number of para-hydroxylation sites is 4. The summed E-state index contributed by atoms with van der Waals surface area (Å²) >= 11 is 0. The fraction of sp³-hybridized carbons (Fsp3) is 0.100. The Balaban J connectivity index is 0.000000704. The van der Waals surface area contributed by atoms with Crippen molar-refractivity contribution in [3.05, 3.63) is 118 Å². The molecule has 7 aromatic carbocycles. The lowest BCUT2D eigenvalue weighted by molar-refractivity contribution is 1.19. The van der Waals surface area contributed by atoms with Gasteiger partial charge in [-0.25, -0.2) is 9.97 Å². The van der Waals surface area contributed by atoms with Crippen molar-refractivity contribution in [2.24, 2.45) is 0 Å². The van der Waals surface area contributed by atoms with Crippen LogP contribution in [0.25, 0.3) is 98.0 Å². The van der Waals surface area contributed by atoms with E-state index in [2.05, 4.69) is 36.4 Å². The van der Waals surface area contributed by atoms with Crippen LogP contribution >= 0.6 is 0 Å². The van der Waals surface area contributed by atoms with Crippen LogP contribution in [0.3, 0.4) is 0 Å². The Labute approximate surface area is 261 Å². The maximum absolute atomic E-state index is 14.0. The lowest BCUT2D eigenvalue weighted by Crippen LogP contribution is -2.14. The molecule has 6 nitrogen and oxygen atoms in total. The predicted octanol–water partition coefficient (Wildman–Crippen LogP) is 9.29. The lowest BCUT2D eigenvalue weighted by atomic mass is 9.86. The maximum atomic E-state index is 14.0. The third-order valence-corrected chi connectivity index (χ3v) is 9.37. The van der Waals surface area contributed by atoms with Crippen LogP contribution < -0.4 is 11.1 Å². The molecule has 0 aliphatic heterocycles. The van der Waals surface area contributed by atoms with E-state index < -0.39 is 0 Å². The molecule has 0 amide bonds. The van der Waals surface area contributed by atoms with Crippen molar-refractivity contribution < 1.29 is 0 Å². The highest BCUT2D eigenvalue weighted by Gasteiger charge is 2.23. The molecule has 46 heavy (non-hydrogen) atoms. The summed E-state index contributed by atoms with van der Waals surface area (Å²) in [5.74, 6) is 0. The van der Waals surface area contributed by atoms with Gasteiger partial charge in [-0.15, -0.1) is 0 Å². The van der Waals surface area contributed by atoms with E-state index in [1.165, 1.54) is 0 Å². The van der Waals surface area contributed by atoms with Gasteiger partial charge in [0.05, 0.1) is 22.1 Å². The summed E-state index contributed by atoms with van der Waals surface area (Å²) in [6, 6.07) is 32.1. The van der Waals surface area contributed by atoms with Crippen molar-refractivity contribution in [1.82, 2.24) is 18.8 Å². The molecule has 4 aromatic heterocycles. The molecule has 0 saturated heterocycles. The number of imidazole rings is 2. The first-order valence-corrected chi connectivity index (χ1v) is 15.9. The second kappa shape index (κ2) is 9.31. The molecule has 6 heteroatoms. The zero-order valence-electron chi connectivity index (χ0n) is 25.8. The number of fused-ring (bicyclic) bond motifs is 10. The SMILES string of the molecule is CC.CC.O=c1c2ccc3c4ccc5c6c(ccc(c7ccc(c2c37)c2nc3ccccc3n12)c46)c(=O)n1c2ccccc2nc51. The van der Waals surface area contributed by atoms with Crippen LogP contribution in [-0.2, 0) is 0 Å². The van der Waals surface area contributed by atoms with Gasteiger partial charge in [0.15, 0.2) is 0 Å². The molecule has 0 N–H and O–H groups in total. The quantitative estimate of drug-likeness (QED) is 0.129. The molecule has 0 atom stereocenters. The lowest BCUT2D eigenvalue weighted by Gasteiger charge is -2.18. The third-order valence-electron chi connectivity index (χ3n) is 9.37. The number of pyridine rings is 2. The molecule has 4 heterocycles. The van der Waals surface area contributed by atoms with Crippen LogP contribution in [0.2, 0.25) is 0 Å². The van der Waals surface area contributed by atoms with Gasteiger partial charge in [-0.1, -0.05) is 76.2 Å². The van der Waals surface area contributed by atoms with Gasteiger partial charge in [-0.05, 0) is 80.8 Å². The normalized spacial score (nSPS) is 12.1. The van der Waals surface area contributed by atoms with Crippen LogP contribution in [0, 0.1) is 0 Å². The summed E-state index contributed by atoms with van der Waals surface area (Å²) in [4.78, 5) is 37.7. The Kier molecular flexibility index (Phi) is 5.37. The highest BCUT2D eigenvalue weighted by Crippen LogP contribution is 2.45. The van der Waals surface area contributed by atoms with Gasteiger partial charge < -0.3 is 0 Å². The number of benzene rings is 7. The summed E-state index contributed by atoms with van der Waals surface area (Å²) in [5.41, 5.74) is 4.48. The van der Waals surface area contributed by atoms with E-state index in [1.807, 2.05) is 88.4 Å². The van der Waals surface area contributed by atoms with E-state index in [1.54, 1.807) is 8.80 Å². The van der Waals surface area contributed by atoms with Crippen molar-refractivity contribution in [3.8, 4) is 0 Å². The molecule has 0 aliphatic carbocycles. The van der Waals surface area contributed by atoms with E-state index in [4.69, 9.17) is 9.97 Å². The smallest absolute Gasteiger partial charge is 0.264 e. The fourth-order valence-corrected chi connectivity index (χ4v) is 7.68. The van der Waals surface area contributed by atoms with E-state index in [0.29, 0.717) is 22.1 Å². The van der Waals surface area contributed by atoms with Crippen LogP contribution in [0.15, 0.2) is 107 Å². The summed E-state index contributed by atoms with van der Waals surface area (Å²) < 4.78 is 3.49. The average Bonchev–Trinajstić information content (AvgIpc) is 3.71. The van der Waals surface area contributed by atoms with Crippen LogP contribution in [0.5, 0.6) is 0 Å². The van der Waals surface area contributed by atoms with Crippen LogP contribution in [0.4, 0.5) is 0 Å². The number of aromatic nitrogens is 4. The highest BCUT2D eigenvalue weighted by atomic mass is 16.1. The molecular formula is C40H28N4O2. The van der Waals surface area contributed by atoms with E-state index in [9.17, 15) is 9.59 Å². The standard InChI is InChI=1S/C36H16N4O2.2C2H6/c41-35-23-15-11-19-18-10-14-22-32-24(36(42)40-28-8-4-2-6-26(28)38-34(22)40)16-12-20(30(18)32)17-9-13-21(31(23)29(17)19)33-37-25-5-1-3-7-27(25)39(33)35;2*1-2/h1-16H;2*1-2H3. The van der Waals surface area contributed by atoms with Gasteiger partial charge in [-0.2, -0.15) is 0 Å². The second-order valence-electron chi connectivity index (χ2n) is 11.3. The summed E-state index contributed by atoms with van der Waals surface area (Å²) in [6.07, 6.45) is 0. The van der Waals surface area contributed by atoms with E-state index in [0.717, 1.165) is 75.9 Å². The number of nitrogens with zero attached hydrogens (tertiary/aromatic N) is 4. The molecule has 0 saturated carbocycles. The first-order chi connectivity index (χ1) is 22.7. The van der Waals surface area contributed by atoms with E-state index >= 15 is 0 Å². The van der Waals surface area contributed by atoms with E-state index in [-0.39, 0.29) is 11.1 Å². The molecule has 0 spiro atoms. The van der Waals surface area contributed by atoms with Crippen LogP contribution in [-0.4, -0.2) is 18.8 Å². The fourth-order valence-electron chi connectivity index (χ4n) is 7.68. The van der Waals surface area contributed by atoms with Crippen molar-refractivity contribution in [1.29, 1.82) is 0 Å². The summed E-state index contributed by atoms with van der Waals surface area (Å²) in [7, 11) is 0. The van der Waals surface area contributed by atoms with Gasteiger partial charge in [-0.3, -0.25) is 18.4 Å². The van der Waals surface area contributed by atoms with Crippen molar-refractivity contribution >= 4 is 98.0 Å². The molecule has 0 bridgehead atoms. The Hall–Kier alpha value is -5.88. The first kappa shape index (κ1) is 26.5. The molecule has 0 radical (unpaired) electrons. The monoisotopic (exact) mass is 596 g/mol. The molecule has 0 fully saturated rings. The number of hydrogen-bond acceptors (Lipinski definition) is 4. The molecule has 220 valence electrons. The Bertz CT molecular complexity index is 2890. The minimum absolute atomic E-state index is 0.0598. The average molecular weight is 597 g/mol. The maximum Gasteiger partial charge on any atom is 0.264 e. The Morgan fingerprint density at radius 2 is 0.696 bits per heavy atom. The predicted molar refractivity (Wildman–Crippen MR) is 193 cm³/mol. The second-order valence-corrected chi connectivity index (χ2v) is 11.3. The molecule has 0 aliphatic rings. The van der Waals surface area contributed by atoms with Gasteiger partial charge in [0.1, 0.15) is 11.3 Å². The molecule has 11 aromatic rings. The largest absolute Gasteiger partial charge is 0.268 e. The minimum atomic E-state index is -0.0598. The van der Waals surface area contributed by atoms with Gasteiger partial charge in [0.2, 0.25) is 0 Å². The van der Waals surface area contributed by atoms with Crippen molar-refractivity contribution in [2.45, 2.75) is 27.7 Å². The molecular weight excluding hydrogens is 568 g/mol. The zero-order valence-corrected chi connectivity index (χ0v) is 25.8. The van der Waals surface area contributed by atoms with Gasteiger partial charge in [0, 0.05) is 32.3 Å². The van der Waals surface area contributed by atoms with Gasteiger partial charge in [0.25, 0.3) is 11.1 Å². The number of hydrogen-bond donors (Lipinski definition) is 0.